The number of carbonyl (C=O) groups excluding carboxylic acids is 3. The van der Waals surface area contributed by atoms with Crippen molar-refractivity contribution in [3.63, 3.8) is 0 Å². The van der Waals surface area contributed by atoms with Crippen LogP contribution in [0.3, 0.4) is 0 Å². The molecule has 1 atom stereocenters. The maximum atomic E-state index is 13.0. The SMILES string of the molecule is COc1ccc2c(c1)C(=O)N(CC1(C#Cc3ccc(C(=N)N4CCOCC4)cc3)NC(=O)NC1=O)C2. The van der Waals surface area contributed by atoms with Gasteiger partial charge in [-0.25, -0.2) is 4.79 Å². The number of nitrogens with zero attached hydrogens (tertiary/aromatic N) is 2. The number of morpholine rings is 1. The molecule has 36 heavy (non-hydrogen) atoms. The number of nitrogens with one attached hydrogen (secondary N) is 3. The fourth-order valence-electron chi connectivity index (χ4n) is 4.47. The summed E-state index contributed by atoms with van der Waals surface area (Å²) in [5, 5.41) is 13.3. The number of benzene rings is 2. The summed E-state index contributed by atoms with van der Waals surface area (Å²) in [6.07, 6.45) is 0. The smallest absolute Gasteiger partial charge is 0.323 e. The van der Waals surface area contributed by atoms with Crippen molar-refractivity contribution in [1.29, 1.82) is 5.41 Å². The molecule has 5 rings (SSSR count). The van der Waals surface area contributed by atoms with Gasteiger partial charge in [-0.2, -0.15) is 0 Å². The number of fused-ring (bicyclic) bond motifs is 1. The van der Waals surface area contributed by atoms with E-state index in [1.165, 1.54) is 12.0 Å². The second-order valence-electron chi connectivity index (χ2n) is 8.77. The number of amides is 4. The number of methoxy groups -OCH3 is 1. The first-order chi connectivity index (χ1) is 17.4. The van der Waals surface area contributed by atoms with Gasteiger partial charge in [0.05, 0.1) is 26.9 Å². The molecule has 2 aromatic rings. The van der Waals surface area contributed by atoms with Gasteiger partial charge in [-0.3, -0.25) is 20.3 Å². The van der Waals surface area contributed by atoms with E-state index in [9.17, 15) is 14.4 Å². The van der Waals surface area contributed by atoms with Gasteiger partial charge in [-0.15, -0.1) is 0 Å². The lowest BCUT2D eigenvalue weighted by Crippen LogP contribution is -2.54. The van der Waals surface area contributed by atoms with Crippen LogP contribution in [0.5, 0.6) is 5.75 Å². The molecule has 0 aliphatic carbocycles. The number of hydrogen-bond acceptors (Lipinski definition) is 6. The quantitative estimate of drug-likeness (QED) is 0.255. The average Bonchev–Trinajstić information content (AvgIpc) is 3.36. The van der Waals surface area contributed by atoms with Crippen LogP contribution in [0.1, 0.15) is 27.0 Å². The lowest BCUT2D eigenvalue weighted by Gasteiger charge is -2.29. The molecule has 0 spiro atoms. The summed E-state index contributed by atoms with van der Waals surface area (Å²) in [5.41, 5.74) is 1.09. The molecule has 3 aliphatic heterocycles. The first-order valence-electron chi connectivity index (χ1n) is 11.5. The second-order valence-corrected chi connectivity index (χ2v) is 8.77. The number of imide groups is 1. The standard InChI is InChI=1S/C26H25N5O5/c1-35-20-7-6-19-15-31(23(32)21(19)14-20)16-26(24(33)28-25(34)29-26)9-8-17-2-4-18(5-3-17)22(27)30-10-12-36-13-11-30/h2-7,14,27H,10-13,15-16H2,1H3,(H2,28,29,33,34). The van der Waals surface area contributed by atoms with E-state index in [0.717, 1.165) is 11.1 Å². The van der Waals surface area contributed by atoms with Crippen LogP contribution in [0.2, 0.25) is 0 Å². The Morgan fingerprint density at radius 3 is 2.56 bits per heavy atom. The van der Waals surface area contributed by atoms with Crippen molar-refractivity contribution in [2.24, 2.45) is 0 Å². The van der Waals surface area contributed by atoms with E-state index in [-0.39, 0.29) is 12.5 Å². The molecule has 0 aromatic heterocycles. The van der Waals surface area contributed by atoms with Crippen LogP contribution in [-0.4, -0.2) is 79.0 Å². The Balaban J connectivity index is 1.36. The van der Waals surface area contributed by atoms with Crippen LogP contribution in [0.25, 0.3) is 0 Å². The minimum absolute atomic E-state index is 0.104. The van der Waals surface area contributed by atoms with E-state index in [1.54, 1.807) is 36.4 Å². The van der Waals surface area contributed by atoms with E-state index in [2.05, 4.69) is 22.5 Å². The number of ether oxygens (including phenoxy) is 2. The van der Waals surface area contributed by atoms with Gasteiger partial charge in [-0.05, 0) is 29.8 Å². The van der Waals surface area contributed by atoms with Gasteiger partial charge in [0.25, 0.3) is 11.8 Å². The number of rotatable bonds is 4. The zero-order chi connectivity index (χ0) is 25.3. The molecule has 184 valence electrons. The molecule has 2 aromatic carbocycles. The van der Waals surface area contributed by atoms with Crippen LogP contribution < -0.4 is 15.4 Å². The van der Waals surface area contributed by atoms with E-state index < -0.39 is 17.5 Å². The Morgan fingerprint density at radius 2 is 1.89 bits per heavy atom. The van der Waals surface area contributed by atoms with Gasteiger partial charge in [0.15, 0.2) is 0 Å². The highest BCUT2D eigenvalue weighted by molar-refractivity contribution is 6.10. The Bertz CT molecular complexity index is 1310. The number of hydrogen-bond donors (Lipinski definition) is 3. The third-order valence-corrected chi connectivity index (χ3v) is 6.47. The monoisotopic (exact) mass is 487 g/mol. The third-order valence-electron chi connectivity index (χ3n) is 6.47. The van der Waals surface area contributed by atoms with Gasteiger partial charge in [0.2, 0.25) is 5.54 Å². The van der Waals surface area contributed by atoms with E-state index in [0.29, 0.717) is 55.6 Å². The van der Waals surface area contributed by atoms with Crippen LogP contribution in [0.4, 0.5) is 4.79 Å². The first-order valence-corrected chi connectivity index (χ1v) is 11.5. The zero-order valence-electron chi connectivity index (χ0n) is 19.7. The Labute approximate surface area is 208 Å². The molecule has 0 radical (unpaired) electrons. The summed E-state index contributed by atoms with van der Waals surface area (Å²) in [4.78, 5) is 41.3. The van der Waals surface area contributed by atoms with Crippen molar-refractivity contribution in [2.45, 2.75) is 12.1 Å². The van der Waals surface area contributed by atoms with Crippen molar-refractivity contribution < 1.29 is 23.9 Å². The maximum Gasteiger partial charge on any atom is 0.323 e. The van der Waals surface area contributed by atoms with Crippen molar-refractivity contribution in [3.8, 4) is 17.6 Å². The average molecular weight is 488 g/mol. The Hall–Kier alpha value is -4.36. The summed E-state index contributed by atoms with van der Waals surface area (Å²) in [6, 6.07) is 11.7. The Kier molecular flexibility index (Phi) is 6.08. The molecule has 2 saturated heterocycles. The molecule has 4 amide bonds. The minimum atomic E-state index is -1.59. The maximum absolute atomic E-state index is 13.0. The van der Waals surface area contributed by atoms with Crippen molar-refractivity contribution in [2.75, 3.05) is 40.0 Å². The van der Waals surface area contributed by atoms with Gasteiger partial charge in [0, 0.05) is 36.3 Å². The van der Waals surface area contributed by atoms with Gasteiger partial charge in [-0.1, -0.05) is 30.0 Å². The molecule has 10 nitrogen and oxygen atoms in total. The Morgan fingerprint density at radius 1 is 1.14 bits per heavy atom. The molecular formula is C26H25N5O5. The highest BCUT2D eigenvalue weighted by Gasteiger charge is 2.48. The van der Waals surface area contributed by atoms with Crippen LogP contribution >= 0.6 is 0 Å². The first kappa shape index (κ1) is 23.4. The van der Waals surface area contributed by atoms with E-state index in [1.807, 2.05) is 11.0 Å². The lowest BCUT2D eigenvalue weighted by atomic mass is 9.99. The molecule has 3 aliphatic rings. The zero-order valence-corrected chi connectivity index (χ0v) is 19.7. The van der Waals surface area contributed by atoms with E-state index in [4.69, 9.17) is 14.9 Å². The van der Waals surface area contributed by atoms with Crippen LogP contribution in [0, 0.1) is 17.3 Å². The predicted molar refractivity (Wildman–Crippen MR) is 130 cm³/mol. The molecule has 0 saturated carbocycles. The molecule has 0 bridgehead atoms. The van der Waals surface area contributed by atoms with E-state index >= 15 is 0 Å². The predicted octanol–water partition coefficient (Wildman–Crippen LogP) is 0.938. The molecule has 10 heteroatoms. The third kappa shape index (κ3) is 4.36. The molecule has 1 unspecified atom stereocenters. The lowest BCUT2D eigenvalue weighted by molar-refractivity contribution is -0.122. The summed E-state index contributed by atoms with van der Waals surface area (Å²) in [7, 11) is 1.53. The number of urea groups is 1. The minimum Gasteiger partial charge on any atom is -0.497 e. The van der Waals surface area contributed by atoms with Gasteiger partial charge in [0.1, 0.15) is 11.6 Å². The molecule has 2 fully saturated rings. The molecule has 3 heterocycles. The van der Waals surface area contributed by atoms with Crippen molar-refractivity contribution in [1.82, 2.24) is 20.4 Å². The fourth-order valence-corrected chi connectivity index (χ4v) is 4.47. The topological polar surface area (TPSA) is 124 Å². The van der Waals surface area contributed by atoms with Gasteiger partial charge < -0.3 is 24.6 Å². The number of amidine groups is 1. The summed E-state index contributed by atoms with van der Waals surface area (Å²) >= 11 is 0. The number of carbonyl (C=O) groups is 3. The summed E-state index contributed by atoms with van der Waals surface area (Å²) < 4.78 is 10.6. The molecular weight excluding hydrogens is 462 g/mol. The highest BCUT2D eigenvalue weighted by atomic mass is 16.5. The normalized spacial score (nSPS) is 20.9. The van der Waals surface area contributed by atoms with Crippen LogP contribution in [0.15, 0.2) is 42.5 Å². The molecule has 3 N–H and O–H groups in total. The largest absolute Gasteiger partial charge is 0.497 e. The van der Waals surface area contributed by atoms with Crippen molar-refractivity contribution >= 4 is 23.7 Å². The summed E-state index contributed by atoms with van der Waals surface area (Å²) in [5.74, 6) is 5.99. The van der Waals surface area contributed by atoms with Crippen LogP contribution in [-0.2, 0) is 16.1 Å². The highest BCUT2D eigenvalue weighted by Crippen LogP contribution is 2.28. The van der Waals surface area contributed by atoms with Gasteiger partial charge >= 0.3 is 6.03 Å². The second kappa shape index (κ2) is 9.36. The van der Waals surface area contributed by atoms with Crippen molar-refractivity contribution in [3.05, 3.63) is 64.7 Å². The summed E-state index contributed by atoms with van der Waals surface area (Å²) in [6.45, 7) is 2.73. The fraction of sp³-hybridized carbons (Fsp3) is 0.308.